The molecule has 134 valence electrons. The maximum Gasteiger partial charge on any atom is 0.211 e. The zero-order chi connectivity index (χ0) is 18.0. The Labute approximate surface area is 149 Å². The molecule has 3 rings (SSSR count). The fraction of sp³-hybridized carbons (Fsp3) is 0.368. The summed E-state index contributed by atoms with van der Waals surface area (Å²) in [6.07, 6.45) is 2.51. The Morgan fingerprint density at radius 3 is 2.40 bits per heavy atom. The molecule has 0 amide bonds. The summed E-state index contributed by atoms with van der Waals surface area (Å²) >= 11 is 0. The Morgan fingerprint density at radius 2 is 1.80 bits per heavy atom. The molecule has 0 saturated heterocycles. The molecule has 0 spiro atoms. The van der Waals surface area contributed by atoms with E-state index in [0.29, 0.717) is 30.9 Å². The second-order valence-corrected chi connectivity index (χ2v) is 8.14. The summed E-state index contributed by atoms with van der Waals surface area (Å²) in [6, 6.07) is 13.5. The Hall–Kier alpha value is -2.05. The molecule has 0 fully saturated rings. The summed E-state index contributed by atoms with van der Waals surface area (Å²) in [7, 11) is -0.160. The first kappa shape index (κ1) is 17.8. The van der Waals surface area contributed by atoms with Crippen LogP contribution in [0.2, 0.25) is 0 Å². The van der Waals surface area contributed by atoms with E-state index >= 15 is 0 Å². The molecule has 1 unspecified atom stereocenters. The SMILES string of the molecule is COc1ccc2c(c1OC)C(Cc1ccccc1)N(S(C)(=O)=O)CC2. The average molecular weight is 361 g/mol. The number of rotatable bonds is 5. The molecule has 2 aromatic rings. The minimum absolute atomic E-state index is 0.314. The second kappa shape index (κ2) is 7.06. The van der Waals surface area contributed by atoms with Gasteiger partial charge in [0.15, 0.2) is 11.5 Å². The number of ether oxygens (including phenoxy) is 2. The van der Waals surface area contributed by atoms with Gasteiger partial charge in [-0.25, -0.2) is 8.42 Å². The molecule has 1 atom stereocenters. The number of benzene rings is 2. The van der Waals surface area contributed by atoms with E-state index in [1.165, 1.54) is 6.26 Å². The number of hydrogen-bond donors (Lipinski definition) is 0. The highest BCUT2D eigenvalue weighted by molar-refractivity contribution is 7.88. The van der Waals surface area contributed by atoms with Crippen LogP contribution in [0, 0.1) is 0 Å². The van der Waals surface area contributed by atoms with E-state index < -0.39 is 10.0 Å². The van der Waals surface area contributed by atoms with Crippen molar-refractivity contribution < 1.29 is 17.9 Å². The van der Waals surface area contributed by atoms with Crippen LogP contribution < -0.4 is 9.47 Å². The van der Waals surface area contributed by atoms with Crippen molar-refractivity contribution in [1.82, 2.24) is 4.31 Å². The molecule has 0 N–H and O–H groups in total. The van der Waals surface area contributed by atoms with Gasteiger partial charge in [-0.1, -0.05) is 36.4 Å². The molecule has 0 bridgehead atoms. The molecule has 5 nitrogen and oxygen atoms in total. The molecule has 0 saturated carbocycles. The van der Waals surface area contributed by atoms with Crippen molar-refractivity contribution in [2.24, 2.45) is 0 Å². The molecular formula is C19H23NO4S. The quantitative estimate of drug-likeness (QED) is 0.822. The van der Waals surface area contributed by atoms with Crippen molar-refractivity contribution in [1.29, 1.82) is 0 Å². The third-order valence-electron chi connectivity index (χ3n) is 4.65. The van der Waals surface area contributed by atoms with Crippen LogP contribution in [-0.4, -0.2) is 39.7 Å². The van der Waals surface area contributed by atoms with Gasteiger partial charge in [-0.15, -0.1) is 0 Å². The molecule has 25 heavy (non-hydrogen) atoms. The van der Waals surface area contributed by atoms with E-state index in [4.69, 9.17) is 9.47 Å². The molecule has 1 aliphatic rings. The van der Waals surface area contributed by atoms with E-state index in [1.807, 2.05) is 42.5 Å². The summed E-state index contributed by atoms with van der Waals surface area (Å²) in [4.78, 5) is 0. The van der Waals surface area contributed by atoms with Gasteiger partial charge in [-0.3, -0.25) is 0 Å². The van der Waals surface area contributed by atoms with Gasteiger partial charge in [-0.2, -0.15) is 4.31 Å². The maximum absolute atomic E-state index is 12.4. The van der Waals surface area contributed by atoms with Crippen LogP contribution in [0.4, 0.5) is 0 Å². The van der Waals surface area contributed by atoms with E-state index in [-0.39, 0.29) is 6.04 Å². The van der Waals surface area contributed by atoms with Crippen LogP contribution in [0.15, 0.2) is 42.5 Å². The van der Waals surface area contributed by atoms with Crippen LogP contribution in [0.1, 0.15) is 22.7 Å². The van der Waals surface area contributed by atoms with Gasteiger partial charge in [-0.05, 0) is 30.0 Å². The largest absolute Gasteiger partial charge is 0.493 e. The molecule has 1 aliphatic heterocycles. The summed E-state index contributed by atoms with van der Waals surface area (Å²) in [5.74, 6) is 1.24. The van der Waals surface area contributed by atoms with E-state index in [0.717, 1.165) is 16.7 Å². The van der Waals surface area contributed by atoms with E-state index in [1.54, 1.807) is 18.5 Å². The Bertz CT molecular complexity index is 849. The Balaban J connectivity index is 2.16. The van der Waals surface area contributed by atoms with Crippen molar-refractivity contribution in [3.05, 3.63) is 59.2 Å². The van der Waals surface area contributed by atoms with Crippen molar-refractivity contribution in [2.45, 2.75) is 18.9 Å². The first-order valence-corrected chi connectivity index (χ1v) is 10.0. The third kappa shape index (κ3) is 3.50. The highest BCUT2D eigenvalue weighted by atomic mass is 32.2. The van der Waals surface area contributed by atoms with Crippen molar-refractivity contribution in [3.8, 4) is 11.5 Å². The van der Waals surface area contributed by atoms with Crippen molar-refractivity contribution in [3.63, 3.8) is 0 Å². The predicted octanol–water partition coefficient (Wildman–Crippen LogP) is 2.81. The molecule has 1 heterocycles. The third-order valence-corrected chi connectivity index (χ3v) is 5.94. The van der Waals surface area contributed by atoms with Gasteiger partial charge in [0, 0.05) is 12.1 Å². The minimum atomic E-state index is -3.35. The van der Waals surface area contributed by atoms with Gasteiger partial charge in [0.25, 0.3) is 0 Å². The van der Waals surface area contributed by atoms with Crippen molar-refractivity contribution >= 4 is 10.0 Å². The van der Waals surface area contributed by atoms with Gasteiger partial charge < -0.3 is 9.47 Å². The highest BCUT2D eigenvalue weighted by Crippen LogP contribution is 2.44. The minimum Gasteiger partial charge on any atom is -0.493 e. The van der Waals surface area contributed by atoms with E-state index in [2.05, 4.69) is 0 Å². The summed E-state index contributed by atoms with van der Waals surface area (Å²) in [6.45, 7) is 0.471. The lowest BCUT2D eigenvalue weighted by Gasteiger charge is -2.37. The topological polar surface area (TPSA) is 55.8 Å². The van der Waals surface area contributed by atoms with Crippen LogP contribution in [0.3, 0.4) is 0 Å². The Kier molecular flexibility index (Phi) is 5.01. The predicted molar refractivity (Wildman–Crippen MR) is 97.7 cm³/mol. The molecule has 0 aliphatic carbocycles. The van der Waals surface area contributed by atoms with Gasteiger partial charge in [0.2, 0.25) is 10.0 Å². The number of fused-ring (bicyclic) bond motifs is 1. The van der Waals surface area contributed by atoms with Crippen LogP contribution in [0.25, 0.3) is 0 Å². The molecule has 0 aromatic heterocycles. The van der Waals surface area contributed by atoms with Crippen molar-refractivity contribution in [2.75, 3.05) is 27.0 Å². The van der Waals surface area contributed by atoms with E-state index in [9.17, 15) is 8.42 Å². The standard InChI is InChI=1S/C19H23NO4S/c1-23-17-10-9-15-11-12-20(25(3,21)22)16(18(15)19(17)24-2)13-14-7-5-4-6-8-14/h4-10,16H,11-13H2,1-3H3. The number of methoxy groups -OCH3 is 2. The maximum atomic E-state index is 12.4. The lowest BCUT2D eigenvalue weighted by atomic mass is 9.89. The summed E-state index contributed by atoms with van der Waals surface area (Å²) in [5.41, 5.74) is 3.10. The molecule has 0 radical (unpaired) electrons. The normalized spacial score (nSPS) is 17.8. The highest BCUT2D eigenvalue weighted by Gasteiger charge is 2.36. The Morgan fingerprint density at radius 1 is 1.08 bits per heavy atom. The fourth-order valence-corrected chi connectivity index (χ4v) is 4.61. The van der Waals surface area contributed by atoms with Gasteiger partial charge in [0.05, 0.1) is 26.5 Å². The van der Waals surface area contributed by atoms with Gasteiger partial charge >= 0.3 is 0 Å². The number of nitrogens with zero attached hydrogens (tertiary/aromatic N) is 1. The lowest BCUT2D eigenvalue weighted by Crippen LogP contribution is -2.40. The first-order valence-electron chi connectivity index (χ1n) is 8.20. The average Bonchev–Trinajstić information content (AvgIpc) is 2.60. The number of hydrogen-bond acceptors (Lipinski definition) is 4. The first-order chi connectivity index (χ1) is 12.0. The second-order valence-electron chi connectivity index (χ2n) is 6.20. The molecule has 2 aromatic carbocycles. The summed E-state index contributed by atoms with van der Waals surface area (Å²) in [5, 5.41) is 0. The van der Waals surface area contributed by atoms with Gasteiger partial charge in [0.1, 0.15) is 0 Å². The zero-order valence-electron chi connectivity index (χ0n) is 14.7. The number of sulfonamides is 1. The smallest absolute Gasteiger partial charge is 0.211 e. The van der Waals surface area contributed by atoms with Crippen LogP contribution in [0.5, 0.6) is 11.5 Å². The summed E-state index contributed by atoms with van der Waals surface area (Å²) < 4.78 is 37.4. The fourth-order valence-electron chi connectivity index (χ4n) is 3.54. The van der Waals surface area contributed by atoms with Crippen LogP contribution in [-0.2, 0) is 22.9 Å². The lowest BCUT2D eigenvalue weighted by molar-refractivity contribution is 0.287. The van der Waals surface area contributed by atoms with Crippen LogP contribution >= 0.6 is 0 Å². The zero-order valence-corrected chi connectivity index (χ0v) is 15.5. The monoisotopic (exact) mass is 361 g/mol. The molecule has 6 heteroatoms. The molecular weight excluding hydrogens is 338 g/mol.